The lowest BCUT2D eigenvalue weighted by Gasteiger charge is -2.23. The maximum absolute atomic E-state index is 12.1. The van der Waals surface area contributed by atoms with Gasteiger partial charge in [0.25, 0.3) is 0 Å². The molecule has 1 atom stereocenters. The number of morpholine rings is 1. The van der Waals surface area contributed by atoms with Gasteiger partial charge in [-0.15, -0.1) is 0 Å². The maximum Gasteiger partial charge on any atom is 0.243 e. The van der Waals surface area contributed by atoms with Crippen LogP contribution in [0, 0.1) is 0 Å². The minimum atomic E-state index is -0.279. The zero-order valence-electron chi connectivity index (χ0n) is 11.1. The van der Waals surface area contributed by atoms with E-state index in [4.69, 9.17) is 4.74 Å². The summed E-state index contributed by atoms with van der Waals surface area (Å²) in [6.45, 7) is 1.79. The van der Waals surface area contributed by atoms with Crippen LogP contribution in [0.2, 0.25) is 0 Å². The fraction of sp³-hybridized carbons (Fsp3) is 0.267. The van der Waals surface area contributed by atoms with Crippen LogP contribution in [0.4, 0.5) is 5.69 Å². The van der Waals surface area contributed by atoms with Crippen molar-refractivity contribution < 1.29 is 9.53 Å². The van der Waals surface area contributed by atoms with Crippen LogP contribution in [-0.2, 0) is 9.53 Å². The topological polar surface area (TPSA) is 55.3 Å². The highest BCUT2D eigenvalue weighted by atomic mass is 16.5. The number of anilines is 1. The van der Waals surface area contributed by atoms with Crippen molar-refractivity contribution in [3.8, 4) is 5.69 Å². The third-order valence-electron chi connectivity index (χ3n) is 3.25. The highest BCUT2D eigenvalue weighted by Crippen LogP contribution is 2.15. The van der Waals surface area contributed by atoms with Gasteiger partial charge in [0.05, 0.1) is 13.2 Å². The summed E-state index contributed by atoms with van der Waals surface area (Å²) in [5, 5.41) is 6.06. The summed E-state index contributed by atoms with van der Waals surface area (Å²) < 4.78 is 7.29. The van der Waals surface area contributed by atoms with Gasteiger partial charge in [-0.25, -0.2) is 0 Å². The third kappa shape index (κ3) is 2.89. The van der Waals surface area contributed by atoms with Gasteiger partial charge >= 0.3 is 0 Å². The average Bonchev–Trinajstić information content (AvgIpc) is 3.03. The Morgan fingerprint density at radius 2 is 2.15 bits per heavy atom. The molecule has 20 heavy (non-hydrogen) atoms. The van der Waals surface area contributed by atoms with Gasteiger partial charge < -0.3 is 19.9 Å². The number of amides is 1. The lowest BCUT2D eigenvalue weighted by atomic mass is 10.2. The molecule has 1 aliphatic heterocycles. The van der Waals surface area contributed by atoms with Gasteiger partial charge in [0, 0.05) is 30.3 Å². The first-order valence-electron chi connectivity index (χ1n) is 6.68. The second-order valence-electron chi connectivity index (χ2n) is 4.71. The van der Waals surface area contributed by atoms with Crippen LogP contribution in [0.1, 0.15) is 0 Å². The molecule has 0 saturated carbocycles. The van der Waals surface area contributed by atoms with Crippen molar-refractivity contribution in [2.45, 2.75) is 6.04 Å². The van der Waals surface area contributed by atoms with E-state index in [9.17, 15) is 4.79 Å². The largest absolute Gasteiger partial charge is 0.378 e. The Kier molecular flexibility index (Phi) is 3.80. The first-order valence-corrected chi connectivity index (χ1v) is 6.68. The predicted octanol–water partition coefficient (Wildman–Crippen LogP) is 1.40. The maximum atomic E-state index is 12.1. The molecule has 0 radical (unpaired) electrons. The number of benzene rings is 1. The number of hydrogen-bond acceptors (Lipinski definition) is 3. The van der Waals surface area contributed by atoms with Gasteiger partial charge in [-0.2, -0.15) is 0 Å². The molecule has 1 aliphatic rings. The van der Waals surface area contributed by atoms with Gasteiger partial charge in [0.1, 0.15) is 6.04 Å². The summed E-state index contributed by atoms with van der Waals surface area (Å²) in [7, 11) is 0. The Morgan fingerprint density at radius 3 is 2.90 bits per heavy atom. The highest BCUT2D eigenvalue weighted by molar-refractivity contribution is 5.95. The van der Waals surface area contributed by atoms with E-state index < -0.39 is 0 Å². The monoisotopic (exact) mass is 271 g/mol. The summed E-state index contributed by atoms with van der Waals surface area (Å²) in [5.41, 5.74) is 1.80. The summed E-state index contributed by atoms with van der Waals surface area (Å²) in [6.07, 6.45) is 3.94. The molecule has 2 N–H and O–H groups in total. The van der Waals surface area contributed by atoms with E-state index in [1.807, 2.05) is 53.4 Å². The molecule has 3 rings (SSSR count). The molecule has 1 fully saturated rings. The van der Waals surface area contributed by atoms with Gasteiger partial charge in [-0.05, 0) is 30.3 Å². The van der Waals surface area contributed by atoms with E-state index >= 15 is 0 Å². The molecule has 1 aromatic carbocycles. The van der Waals surface area contributed by atoms with Crippen molar-refractivity contribution in [3.05, 3.63) is 48.8 Å². The van der Waals surface area contributed by atoms with Crippen molar-refractivity contribution in [1.29, 1.82) is 0 Å². The Morgan fingerprint density at radius 1 is 1.30 bits per heavy atom. The van der Waals surface area contributed by atoms with Gasteiger partial charge in [-0.1, -0.05) is 6.07 Å². The number of aromatic nitrogens is 1. The summed E-state index contributed by atoms with van der Waals surface area (Å²) in [5.74, 6) is -0.0608. The van der Waals surface area contributed by atoms with E-state index in [2.05, 4.69) is 10.6 Å². The van der Waals surface area contributed by atoms with Crippen LogP contribution in [0.5, 0.6) is 0 Å². The number of nitrogens with zero attached hydrogens (tertiary/aromatic N) is 1. The molecule has 0 spiro atoms. The standard InChI is InChI=1S/C15H17N3O2/c19-15(14-11-20-9-6-16-14)17-12-4-3-5-13(10-12)18-7-1-2-8-18/h1-5,7-8,10,14,16H,6,9,11H2,(H,17,19). The second-order valence-corrected chi connectivity index (χ2v) is 4.71. The number of rotatable bonds is 3. The van der Waals surface area contributed by atoms with Gasteiger partial charge in [-0.3, -0.25) is 4.79 Å². The average molecular weight is 271 g/mol. The summed E-state index contributed by atoms with van der Waals surface area (Å²) >= 11 is 0. The van der Waals surface area contributed by atoms with Crippen LogP contribution < -0.4 is 10.6 Å². The van der Waals surface area contributed by atoms with E-state index in [0.717, 1.165) is 11.4 Å². The molecule has 5 heteroatoms. The van der Waals surface area contributed by atoms with E-state index in [1.54, 1.807) is 0 Å². The van der Waals surface area contributed by atoms with Gasteiger partial charge in [0.15, 0.2) is 0 Å². The van der Waals surface area contributed by atoms with Crippen molar-refractivity contribution in [2.75, 3.05) is 25.1 Å². The Hall–Kier alpha value is -2.11. The van der Waals surface area contributed by atoms with E-state index in [-0.39, 0.29) is 11.9 Å². The lowest BCUT2D eigenvalue weighted by Crippen LogP contribution is -2.48. The Bertz CT molecular complexity index is 575. The number of carbonyl (C=O) groups is 1. The van der Waals surface area contributed by atoms with E-state index in [0.29, 0.717) is 19.8 Å². The molecule has 2 heterocycles. The number of ether oxygens (including phenoxy) is 1. The first kappa shape index (κ1) is 12.9. The third-order valence-corrected chi connectivity index (χ3v) is 3.25. The quantitative estimate of drug-likeness (QED) is 0.887. The van der Waals surface area contributed by atoms with Gasteiger partial charge in [0.2, 0.25) is 5.91 Å². The molecule has 2 aromatic rings. The molecule has 1 aromatic heterocycles. The normalized spacial score (nSPS) is 18.7. The number of carbonyl (C=O) groups excluding carboxylic acids is 1. The number of nitrogens with one attached hydrogen (secondary N) is 2. The fourth-order valence-electron chi connectivity index (χ4n) is 2.21. The molecule has 1 saturated heterocycles. The van der Waals surface area contributed by atoms with E-state index in [1.165, 1.54) is 0 Å². The lowest BCUT2D eigenvalue weighted by molar-refractivity contribution is -0.120. The Labute approximate surface area is 117 Å². The van der Waals surface area contributed by atoms with Crippen molar-refractivity contribution in [1.82, 2.24) is 9.88 Å². The van der Waals surface area contributed by atoms with Crippen molar-refractivity contribution in [3.63, 3.8) is 0 Å². The summed E-state index contributed by atoms with van der Waals surface area (Å²) in [4.78, 5) is 12.1. The van der Waals surface area contributed by atoms with Crippen molar-refractivity contribution in [2.24, 2.45) is 0 Å². The molecular weight excluding hydrogens is 254 g/mol. The molecule has 1 amide bonds. The van der Waals surface area contributed by atoms with Crippen molar-refractivity contribution >= 4 is 11.6 Å². The molecule has 0 bridgehead atoms. The predicted molar refractivity (Wildman–Crippen MR) is 77.0 cm³/mol. The van der Waals surface area contributed by atoms with Crippen LogP contribution in [-0.4, -0.2) is 36.3 Å². The fourth-order valence-corrected chi connectivity index (χ4v) is 2.21. The minimum absolute atomic E-state index is 0.0608. The molecular formula is C15H17N3O2. The summed E-state index contributed by atoms with van der Waals surface area (Å²) in [6, 6.07) is 11.4. The number of hydrogen-bond donors (Lipinski definition) is 2. The Balaban J connectivity index is 1.71. The van der Waals surface area contributed by atoms with Crippen LogP contribution in [0.15, 0.2) is 48.8 Å². The highest BCUT2D eigenvalue weighted by Gasteiger charge is 2.21. The molecule has 1 unspecified atom stereocenters. The van der Waals surface area contributed by atoms with Crippen LogP contribution in [0.3, 0.4) is 0 Å². The van der Waals surface area contributed by atoms with Crippen LogP contribution >= 0.6 is 0 Å². The molecule has 5 nitrogen and oxygen atoms in total. The smallest absolute Gasteiger partial charge is 0.243 e. The molecule has 0 aliphatic carbocycles. The van der Waals surface area contributed by atoms with Crippen LogP contribution in [0.25, 0.3) is 5.69 Å². The first-order chi connectivity index (χ1) is 9.83. The second kappa shape index (κ2) is 5.90. The zero-order chi connectivity index (χ0) is 13.8. The SMILES string of the molecule is O=C(Nc1cccc(-n2cccc2)c1)C1COCCN1. The minimum Gasteiger partial charge on any atom is -0.378 e. The zero-order valence-corrected chi connectivity index (χ0v) is 11.1. The molecule has 104 valence electrons.